The number of nitrogens with zero attached hydrogens (tertiary/aromatic N) is 3. The van der Waals surface area contributed by atoms with E-state index in [0.29, 0.717) is 13.1 Å². The maximum atomic E-state index is 11.9. The molecule has 2 aromatic heterocycles. The molecule has 0 unspecified atom stereocenters. The molecular formula is C16H15N5O3S2. The van der Waals surface area contributed by atoms with Crippen molar-refractivity contribution in [2.45, 2.75) is 5.03 Å². The van der Waals surface area contributed by atoms with Gasteiger partial charge in [-0.05, 0) is 23.6 Å². The number of fused-ring (bicyclic) bond motifs is 1. The van der Waals surface area contributed by atoms with Crippen molar-refractivity contribution >= 4 is 50.6 Å². The molecule has 1 amide bonds. The smallest absolute Gasteiger partial charge is 0.269 e. The molecule has 0 bridgehead atoms. The van der Waals surface area contributed by atoms with Gasteiger partial charge in [0.15, 0.2) is 0 Å². The molecule has 3 rings (SSSR count). The topological polar surface area (TPSA) is 110 Å². The van der Waals surface area contributed by atoms with Crippen LogP contribution in [0.2, 0.25) is 0 Å². The zero-order chi connectivity index (χ0) is 18.4. The van der Waals surface area contributed by atoms with Crippen LogP contribution in [0, 0.1) is 10.1 Å². The molecule has 2 N–H and O–H groups in total. The molecule has 26 heavy (non-hydrogen) atoms. The summed E-state index contributed by atoms with van der Waals surface area (Å²) in [4.78, 5) is 31.4. The van der Waals surface area contributed by atoms with Crippen LogP contribution in [0.1, 0.15) is 0 Å². The van der Waals surface area contributed by atoms with Crippen LogP contribution in [-0.4, -0.2) is 39.6 Å². The van der Waals surface area contributed by atoms with Crippen LogP contribution in [0.4, 0.5) is 11.4 Å². The van der Waals surface area contributed by atoms with Crippen molar-refractivity contribution in [3.05, 3.63) is 52.2 Å². The van der Waals surface area contributed by atoms with Crippen molar-refractivity contribution < 1.29 is 9.72 Å². The lowest BCUT2D eigenvalue weighted by molar-refractivity contribution is -0.384. The van der Waals surface area contributed by atoms with Crippen LogP contribution >= 0.6 is 23.1 Å². The number of aromatic nitrogens is 2. The van der Waals surface area contributed by atoms with E-state index < -0.39 is 4.92 Å². The standard InChI is InChI=1S/C16H15N5O3S2/c22-14(9-26-16-13-5-8-25-15(13)19-10-20-16)18-7-6-17-11-1-3-12(4-2-11)21(23)24/h1-5,8,10,17H,6-7,9H2,(H,18,22). The number of nitro groups is 1. The van der Waals surface area contributed by atoms with E-state index >= 15 is 0 Å². The third kappa shape index (κ3) is 4.67. The Balaban J connectivity index is 1.39. The molecule has 8 nitrogen and oxygen atoms in total. The average molecular weight is 389 g/mol. The Morgan fingerprint density at radius 2 is 2.00 bits per heavy atom. The molecular weight excluding hydrogens is 374 g/mol. The lowest BCUT2D eigenvalue weighted by Crippen LogP contribution is -2.30. The lowest BCUT2D eigenvalue weighted by atomic mass is 10.3. The van der Waals surface area contributed by atoms with Crippen molar-refractivity contribution in [2.75, 3.05) is 24.2 Å². The molecule has 0 saturated heterocycles. The first-order valence-corrected chi connectivity index (χ1v) is 9.56. The van der Waals surface area contributed by atoms with Crippen molar-refractivity contribution in [3.8, 4) is 0 Å². The number of hydrogen-bond donors (Lipinski definition) is 2. The number of rotatable bonds is 8. The lowest BCUT2D eigenvalue weighted by Gasteiger charge is -2.08. The normalized spacial score (nSPS) is 10.6. The van der Waals surface area contributed by atoms with Gasteiger partial charge in [0.1, 0.15) is 16.2 Å². The summed E-state index contributed by atoms with van der Waals surface area (Å²) in [6.45, 7) is 0.977. The number of thiophene rings is 1. The molecule has 10 heteroatoms. The SMILES string of the molecule is O=C(CSc1ncnc2sccc12)NCCNc1ccc([N+](=O)[O-])cc1. The summed E-state index contributed by atoms with van der Waals surface area (Å²) >= 11 is 2.92. The van der Waals surface area contributed by atoms with Gasteiger partial charge in [-0.1, -0.05) is 11.8 Å². The number of nitro benzene ring substituents is 1. The molecule has 0 radical (unpaired) electrons. The van der Waals surface area contributed by atoms with Gasteiger partial charge in [-0.2, -0.15) is 0 Å². The minimum atomic E-state index is -0.441. The van der Waals surface area contributed by atoms with Crippen LogP contribution in [0.25, 0.3) is 10.2 Å². The Labute approximate surface area is 157 Å². The summed E-state index contributed by atoms with van der Waals surface area (Å²) in [6.07, 6.45) is 1.51. The second-order valence-electron chi connectivity index (χ2n) is 5.19. The summed E-state index contributed by atoms with van der Waals surface area (Å²) in [7, 11) is 0. The molecule has 3 aromatic rings. The number of carbonyl (C=O) groups excluding carboxylic acids is 1. The molecule has 0 fully saturated rings. The van der Waals surface area contributed by atoms with Gasteiger partial charge in [-0.3, -0.25) is 14.9 Å². The summed E-state index contributed by atoms with van der Waals surface area (Å²) in [5, 5.41) is 20.2. The average Bonchev–Trinajstić information content (AvgIpc) is 3.13. The van der Waals surface area contributed by atoms with Gasteiger partial charge in [-0.15, -0.1) is 11.3 Å². The zero-order valence-corrected chi connectivity index (χ0v) is 15.2. The molecule has 0 aliphatic carbocycles. The van der Waals surface area contributed by atoms with Gasteiger partial charge in [0.05, 0.1) is 10.7 Å². The van der Waals surface area contributed by atoms with Gasteiger partial charge >= 0.3 is 0 Å². The first-order chi connectivity index (χ1) is 12.6. The Bertz CT molecular complexity index is 914. The van der Waals surface area contributed by atoms with E-state index in [2.05, 4.69) is 20.6 Å². The van der Waals surface area contributed by atoms with Gasteiger partial charge in [-0.25, -0.2) is 9.97 Å². The number of hydrogen-bond acceptors (Lipinski definition) is 8. The quantitative estimate of drug-likeness (QED) is 0.200. The molecule has 0 aliphatic rings. The Hall–Kier alpha value is -2.72. The van der Waals surface area contributed by atoms with Crippen molar-refractivity contribution in [1.29, 1.82) is 0 Å². The molecule has 0 atom stereocenters. The van der Waals surface area contributed by atoms with Crippen LogP contribution < -0.4 is 10.6 Å². The molecule has 0 spiro atoms. The van der Waals surface area contributed by atoms with E-state index in [0.717, 1.165) is 20.9 Å². The number of benzene rings is 1. The van der Waals surface area contributed by atoms with Gasteiger partial charge < -0.3 is 10.6 Å². The molecule has 134 valence electrons. The Morgan fingerprint density at radius 1 is 1.19 bits per heavy atom. The van der Waals surface area contributed by atoms with Crippen LogP contribution in [0.15, 0.2) is 47.1 Å². The highest BCUT2D eigenvalue weighted by Gasteiger charge is 2.08. The van der Waals surface area contributed by atoms with Crippen LogP contribution in [0.3, 0.4) is 0 Å². The molecule has 0 saturated carbocycles. The second kappa shape index (κ2) is 8.59. The van der Waals surface area contributed by atoms with E-state index in [1.807, 2.05) is 11.4 Å². The fraction of sp³-hybridized carbons (Fsp3) is 0.188. The Kier molecular flexibility index (Phi) is 5.97. The van der Waals surface area contributed by atoms with Crippen LogP contribution in [0.5, 0.6) is 0 Å². The van der Waals surface area contributed by atoms with E-state index in [9.17, 15) is 14.9 Å². The van der Waals surface area contributed by atoms with E-state index in [4.69, 9.17) is 0 Å². The number of carbonyl (C=O) groups is 1. The zero-order valence-electron chi connectivity index (χ0n) is 13.5. The van der Waals surface area contributed by atoms with E-state index in [1.54, 1.807) is 23.5 Å². The minimum absolute atomic E-state index is 0.0466. The summed E-state index contributed by atoms with van der Waals surface area (Å²) < 4.78 is 0. The first-order valence-electron chi connectivity index (χ1n) is 7.69. The van der Waals surface area contributed by atoms with Gasteiger partial charge in [0.2, 0.25) is 5.91 Å². The van der Waals surface area contributed by atoms with Crippen molar-refractivity contribution in [2.24, 2.45) is 0 Å². The van der Waals surface area contributed by atoms with Gasteiger partial charge in [0.25, 0.3) is 5.69 Å². The maximum Gasteiger partial charge on any atom is 0.269 e. The highest BCUT2D eigenvalue weighted by molar-refractivity contribution is 8.00. The largest absolute Gasteiger partial charge is 0.383 e. The molecule has 0 aliphatic heterocycles. The highest BCUT2D eigenvalue weighted by atomic mass is 32.2. The fourth-order valence-corrected chi connectivity index (χ4v) is 3.79. The van der Waals surface area contributed by atoms with Crippen molar-refractivity contribution in [3.63, 3.8) is 0 Å². The monoisotopic (exact) mass is 389 g/mol. The molecule has 2 heterocycles. The third-order valence-corrected chi connectivity index (χ3v) is 5.25. The summed E-state index contributed by atoms with van der Waals surface area (Å²) in [5.41, 5.74) is 0.811. The van der Waals surface area contributed by atoms with Crippen molar-refractivity contribution in [1.82, 2.24) is 15.3 Å². The van der Waals surface area contributed by atoms with Gasteiger partial charge in [0, 0.05) is 36.3 Å². The first kappa shape index (κ1) is 18.1. The predicted molar refractivity (Wildman–Crippen MR) is 103 cm³/mol. The third-order valence-electron chi connectivity index (χ3n) is 3.42. The molecule has 1 aromatic carbocycles. The highest BCUT2D eigenvalue weighted by Crippen LogP contribution is 2.27. The second-order valence-corrected chi connectivity index (χ2v) is 7.05. The number of thioether (sulfide) groups is 1. The minimum Gasteiger partial charge on any atom is -0.383 e. The van der Waals surface area contributed by atoms with E-state index in [1.165, 1.54) is 30.2 Å². The number of non-ortho nitro benzene ring substituents is 1. The summed E-state index contributed by atoms with van der Waals surface area (Å²) in [5.74, 6) is 0.196. The summed E-state index contributed by atoms with van der Waals surface area (Å²) in [6, 6.07) is 8.09. The maximum absolute atomic E-state index is 11.9. The Morgan fingerprint density at radius 3 is 2.77 bits per heavy atom. The number of nitrogens with one attached hydrogen (secondary N) is 2. The number of anilines is 1. The van der Waals surface area contributed by atoms with Crippen LogP contribution in [-0.2, 0) is 4.79 Å². The number of amides is 1. The van der Waals surface area contributed by atoms with E-state index in [-0.39, 0.29) is 17.3 Å². The predicted octanol–water partition coefficient (Wildman–Crippen LogP) is 2.92. The fourth-order valence-electron chi connectivity index (χ4n) is 2.18.